The largest absolute Gasteiger partial charge is 0.493 e. The fourth-order valence-corrected chi connectivity index (χ4v) is 3.70. The van der Waals surface area contributed by atoms with Crippen LogP contribution in [-0.4, -0.2) is 46.7 Å². The molecule has 3 aromatic rings. The second kappa shape index (κ2) is 7.59. The Hall–Kier alpha value is -3.74. The van der Waals surface area contributed by atoms with Gasteiger partial charge in [-0.2, -0.15) is 0 Å². The number of likely N-dealkylation sites (N-methyl/N-ethyl adjacent to an activating group) is 1. The van der Waals surface area contributed by atoms with E-state index in [-0.39, 0.29) is 18.4 Å². The lowest BCUT2D eigenvalue weighted by atomic mass is 10.0. The molecule has 3 aromatic carbocycles. The number of fused-ring (bicyclic) bond motifs is 2. The third kappa shape index (κ3) is 3.08. The van der Waals surface area contributed by atoms with Gasteiger partial charge in [-0.15, -0.1) is 0 Å². The minimum Gasteiger partial charge on any atom is -0.493 e. The quantitative estimate of drug-likeness (QED) is 0.664. The number of nitrogens with zero attached hydrogens (tertiary/aromatic N) is 2. The van der Waals surface area contributed by atoms with Crippen molar-refractivity contribution in [3.05, 3.63) is 54.1 Å². The fourth-order valence-electron chi connectivity index (χ4n) is 3.70. The molecule has 0 atom stereocenters. The van der Waals surface area contributed by atoms with Crippen molar-refractivity contribution in [1.82, 2.24) is 0 Å². The normalized spacial score (nSPS) is 13.9. The predicted octanol–water partition coefficient (Wildman–Crippen LogP) is 3.49. The lowest BCUT2D eigenvalue weighted by molar-refractivity contribution is -0.116. The highest BCUT2D eigenvalue weighted by Gasteiger charge is 2.32. The maximum absolute atomic E-state index is 13.6. The zero-order valence-corrected chi connectivity index (χ0v) is 17.3. The van der Waals surface area contributed by atoms with Gasteiger partial charge in [0.05, 0.1) is 38.3 Å². The maximum atomic E-state index is 13.6. The van der Waals surface area contributed by atoms with Gasteiger partial charge in [0, 0.05) is 19.2 Å². The first-order valence-corrected chi connectivity index (χ1v) is 9.39. The van der Waals surface area contributed by atoms with E-state index >= 15 is 0 Å². The van der Waals surface area contributed by atoms with Crippen molar-refractivity contribution in [3.63, 3.8) is 0 Å². The second-order valence-electron chi connectivity index (χ2n) is 6.94. The zero-order valence-electron chi connectivity index (χ0n) is 17.3. The van der Waals surface area contributed by atoms with Gasteiger partial charge in [0.25, 0.3) is 5.91 Å². The van der Waals surface area contributed by atoms with Gasteiger partial charge in [0.1, 0.15) is 6.54 Å². The van der Waals surface area contributed by atoms with Gasteiger partial charge in [-0.3, -0.25) is 14.5 Å². The maximum Gasteiger partial charge on any atom is 0.260 e. The summed E-state index contributed by atoms with van der Waals surface area (Å²) < 4.78 is 16.2. The molecule has 0 saturated heterocycles. The standard InChI is InChI=1S/C23H22N2O5/c1-24-18-10-15-8-6-5-7-14(15)9-17(18)23(27)25(13-21(24)26)16-11-19(28-2)22(30-4)20(12-16)29-3/h5-12H,13H2,1-4H3. The van der Waals surface area contributed by atoms with E-state index in [1.54, 1.807) is 19.2 Å². The molecule has 0 N–H and O–H groups in total. The zero-order chi connectivity index (χ0) is 21.4. The van der Waals surface area contributed by atoms with Crippen LogP contribution in [0.3, 0.4) is 0 Å². The van der Waals surface area contributed by atoms with Crippen molar-refractivity contribution in [2.45, 2.75) is 0 Å². The number of carbonyl (C=O) groups excluding carboxylic acids is 2. The van der Waals surface area contributed by atoms with Crippen LogP contribution in [0, 0.1) is 0 Å². The summed E-state index contributed by atoms with van der Waals surface area (Å²) in [6.45, 7) is -0.112. The third-order valence-electron chi connectivity index (χ3n) is 5.33. The molecule has 1 aliphatic rings. The van der Waals surface area contributed by atoms with Crippen LogP contribution in [0.1, 0.15) is 10.4 Å². The first-order valence-electron chi connectivity index (χ1n) is 9.39. The van der Waals surface area contributed by atoms with Crippen LogP contribution in [0.2, 0.25) is 0 Å². The van der Waals surface area contributed by atoms with Gasteiger partial charge in [0.15, 0.2) is 11.5 Å². The average molecular weight is 406 g/mol. The Kier molecular flexibility index (Phi) is 4.95. The van der Waals surface area contributed by atoms with Gasteiger partial charge in [0.2, 0.25) is 11.7 Å². The molecule has 0 aromatic heterocycles. The highest BCUT2D eigenvalue weighted by Crippen LogP contribution is 2.42. The molecule has 7 nitrogen and oxygen atoms in total. The van der Waals surface area contributed by atoms with Crippen LogP contribution in [0.25, 0.3) is 10.8 Å². The number of ether oxygens (including phenoxy) is 3. The molecular weight excluding hydrogens is 384 g/mol. The van der Waals surface area contributed by atoms with E-state index in [0.29, 0.717) is 34.2 Å². The number of methoxy groups -OCH3 is 3. The van der Waals surface area contributed by atoms with Crippen molar-refractivity contribution in [2.75, 3.05) is 44.7 Å². The molecular formula is C23H22N2O5. The van der Waals surface area contributed by atoms with E-state index in [9.17, 15) is 9.59 Å². The summed E-state index contributed by atoms with van der Waals surface area (Å²) in [4.78, 5) is 29.4. The van der Waals surface area contributed by atoms with Gasteiger partial charge in [-0.05, 0) is 22.9 Å². The Labute approximate surface area is 174 Å². The Morgan fingerprint density at radius 2 is 1.43 bits per heavy atom. The lowest BCUT2D eigenvalue weighted by Crippen LogP contribution is -2.37. The number of anilines is 2. The summed E-state index contributed by atoms with van der Waals surface area (Å²) in [6.07, 6.45) is 0. The topological polar surface area (TPSA) is 68.3 Å². The Morgan fingerprint density at radius 3 is 2.00 bits per heavy atom. The average Bonchev–Trinajstić information content (AvgIpc) is 2.87. The minimum atomic E-state index is -0.275. The highest BCUT2D eigenvalue weighted by atomic mass is 16.5. The van der Waals surface area contributed by atoms with Crippen LogP contribution in [0.5, 0.6) is 17.2 Å². The summed E-state index contributed by atoms with van der Waals surface area (Å²) in [6, 6.07) is 14.8. The first kappa shape index (κ1) is 19.6. The highest BCUT2D eigenvalue weighted by molar-refractivity contribution is 6.19. The van der Waals surface area contributed by atoms with E-state index in [1.807, 2.05) is 36.4 Å². The molecule has 154 valence electrons. The molecule has 30 heavy (non-hydrogen) atoms. The number of hydrogen-bond acceptors (Lipinski definition) is 5. The third-order valence-corrected chi connectivity index (χ3v) is 5.33. The molecule has 1 aliphatic heterocycles. The molecule has 4 rings (SSSR count). The van der Waals surface area contributed by atoms with Crippen molar-refractivity contribution < 1.29 is 23.8 Å². The van der Waals surface area contributed by atoms with E-state index in [4.69, 9.17) is 14.2 Å². The summed E-state index contributed by atoms with van der Waals surface area (Å²) >= 11 is 0. The molecule has 0 fully saturated rings. The molecule has 7 heteroatoms. The van der Waals surface area contributed by atoms with E-state index in [1.165, 1.54) is 31.1 Å². The Balaban J connectivity index is 1.90. The fraction of sp³-hybridized carbons (Fsp3) is 0.217. The molecule has 2 amide bonds. The minimum absolute atomic E-state index is 0.112. The van der Waals surface area contributed by atoms with Crippen molar-refractivity contribution in [3.8, 4) is 17.2 Å². The molecule has 0 radical (unpaired) electrons. The predicted molar refractivity (Wildman–Crippen MR) is 115 cm³/mol. The number of amides is 2. The Morgan fingerprint density at radius 1 is 0.833 bits per heavy atom. The van der Waals surface area contributed by atoms with Crippen LogP contribution in [0.15, 0.2) is 48.5 Å². The number of hydrogen-bond donors (Lipinski definition) is 0. The summed E-state index contributed by atoms with van der Waals surface area (Å²) in [5, 5.41) is 1.89. The molecule has 1 heterocycles. The van der Waals surface area contributed by atoms with Crippen LogP contribution in [-0.2, 0) is 4.79 Å². The molecule has 0 bridgehead atoms. The number of carbonyl (C=O) groups is 2. The van der Waals surface area contributed by atoms with Crippen molar-refractivity contribution in [1.29, 1.82) is 0 Å². The molecule has 0 aliphatic carbocycles. The first-order chi connectivity index (χ1) is 14.5. The van der Waals surface area contributed by atoms with Crippen LogP contribution in [0.4, 0.5) is 11.4 Å². The monoisotopic (exact) mass is 406 g/mol. The lowest BCUT2D eigenvalue weighted by Gasteiger charge is -2.22. The van der Waals surface area contributed by atoms with Gasteiger partial charge in [-0.1, -0.05) is 24.3 Å². The smallest absolute Gasteiger partial charge is 0.260 e. The van der Waals surface area contributed by atoms with Gasteiger partial charge < -0.3 is 19.1 Å². The number of benzene rings is 3. The van der Waals surface area contributed by atoms with Crippen LogP contribution >= 0.6 is 0 Å². The van der Waals surface area contributed by atoms with E-state index in [2.05, 4.69) is 0 Å². The summed E-state index contributed by atoms with van der Waals surface area (Å²) in [5.41, 5.74) is 1.52. The van der Waals surface area contributed by atoms with Gasteiger partial charge in [-0.25, -0.2) is 0 Å². The van der Waals surface area contributed by atoms with Crippen molar-refractivity contribution in [2.24, 2.45) is 0 Å². The molecule has 0 unspecified atom stereocenters. The number of rotatable bonds is 4. The summed E-state index contributed by atoms with van der Waals surface area (Å²) in [7, 11) is 6.20. The van der Waals surface area contributed by atoms with E-state index < -0.39 is 0 Å². The molecule has 0 saturated carbocycles. The van der Waals surface area contributed by atoms with Crippen LogP contribution < -0.4 is 24.0 Å². The summed E-state index contributed by atoms with van der Waals surface area (Å²) in [5.74, 6) is 0.751. The van der Waals surface area contributed by atoms with Crippen molar-refractivity contribution >= 4 is 34.0 Å². The second-order valence-corrected chi connectivity index (χ2v) is 6.94. The SMILES string of the molecule is COc1cc(N2CC(=O)N(C)c3cc4ccccc4cc3C2=O)cc(OC)c1OC. The molecule has 0 spiro atoms. The van der Waals surface area contributed by atoms with E-state index in [0.717, 1.165) is 10.8 Å². The Bertz CT molecular complexity index is 1130. The van der Waals surface area contributed by atoms with Gasteiger partial charge >= 0.3 is 0 Å².